The number of fused-ring (bicyclic) bond motifs is 1. The van der Waals surface area contributed by atoms with Crippen molar-refractivity contribution in [1.82, 2.24) is 15.3 Å². The molecule has 2 amide bonds. The fourth-order valence-electron chi connectivity index (χ4n) is 4.69. The number of anilines is 1. The van der Waals surface area contributed by atoms with Crippen molar-refractivity contribution < 1.29 is 14.0 Å². The molecular weight excluding hydrogens is 347 g/mol. The Kier molecular flexibility index (Phi) is 4.85. The molecule has 0 aliphatic heterocycles. The number of nitrogens with one attached hydrogen (secondary N) is 3. The van der Waals surface area contributed by atoms with Gasteiger partial charge < -0.3 is 15.6 Å². The van der Waals surface area contributed by atoms with Gasteiger partial charge in [0.2, 0.25) is 0 Å². The van der Waals surface area contributed by atoms with E-state index in [0.29, 0.717) is 22.1 Å². The average molecular weight is 372 g/mol. The lowest BCUT2D eigenvalue weighted by Gasteiger charge is -2.43. The van der Waals surface area contributed by atoms with Crippen LogP contribution >= 0.6 is 0 Å². The van der Waals surface area contributed by atoms with E-state index in [0.717, 1.165) is 31.9 Å². The van der Waals surface area contributed by atoms with Crippen LogP contribution in [0.3, 0.4) is 0 Å². The van der Waals surface area contributed by atoms with Crippen LogP contribution in [0.15, 0.2) is 18.5 Å². The number of pyridine rings is 1. The molecule has 2 aliphatic carbocycles. The van der Waals surface area contributed by atoms with Crippen LogP contribution in [0.2, 0.25) is 0 Å². The van der Waals surface area contributed by atoms with E-state index in [4.69, 9.17) is 0 Å². The van der Waals surface area contributed by atoms with Crippen molar-refractivity contribution in [3.63, 3.8) is 0 Å². The number of nitrogens with zero attached hydrogens (tertiary/aromatic N) is 1. The highest BCUT2D eigenvalue weighted by molar-refractivity contribution is 6.40. The van der Waals surface area contributed by atoms with Gasteiger partial charge in [0.05, 0.1) is 11.9 Å². The molecule has 0 atom stereocenters. The minimum Gasteiger partial charge on any atom is -0.345 e. The Hall–Kier alpha value is -2.44. The van der Waals surface area contributed by atoms with Gasteiger partial charge >= 0.3 is 11.8 Å². The molecule has 2 aromatic rings. The highest BCUT2D eigenvalue weighted by atomic mass is 19.1. The fourth-order valence-corrected chi connectivity index (χ4v) is 4.69. The Balaban J connectivity index is 1.33. The fraction of sp³-hybridized carbons (Fsp3) is 0.550. The monoisotopic (exact) mass is 372 g/mol. The molecule has 2 fully saturated rings. The van der Waals surface area contributed by atoms with Crippen molar-refractivity contribution in [3.8, 4) is 0 Å². The first-order valence-electron chi connectivity index (χ1n) is 9.79. The van der Waals surface area contributed by atoms with Gasteiger partial charge in [0.25, 0.3) is 0 Å². The molecule has 4 rings (SSSR count). The van der Waals surface area contributed by atoms with Crippen molar-refractivity contribution >= 4 is 28.5 Å². The summed E-state index contributed by atoms with van der Waals surface area (Å²) in [4.78, 5) is 31.3. The summed E-state index contributed by atoms with van der Waals surface area (Å²) in [6, 6.07) is 1.33. The summed E-state index contributed by atoms with van der Waals surface area (Å²) < 4.78 is 13.4. The molecule has 0 unspecified atom stereocenters. The van der Waals surface area contributed by atoms with Crippen LogP contribution in [0.25, 0.3) is 11.0 Å². The Morgan fingerprint density at radius 2 is 1.85 bits per heavy atom. The number of carbonyl (C=O) groups is 2. The third-order valence-corrected chi connectivity index (χ3v) is 6.25. The summed E-state index contributed by atoms with van der Waals surface area (Å²) in [6.07, 6.45) is 13.3. The second-order valence-electron chi connectivity index (χ2n) is 8.01. The summed E-state index contributed by atoms with van der Waals surface area (Å²) in [6.45, 7) is 0. The van der Waals surface area contributed by atoms with Crippen LogP contribution in [0.4, 0.5) is 10.1 Å². The van der Waals surface area contributed by atoms with Crippen LogP contribution in [0.5, 0.6) is 0 Å². The summed E-state index contributed by atoms with van der Waals surface area (Å²) in [7, 11) is 0. The molecule has 2 heterocycles. The highest BCUT2D eigenvalue weighted by Gasteiger charge is 2.36. The molecular formula is C20H25FN4O2. The number of hydrogen-bond acceptors (Lipinski definition) is 3. The van der Waals surface area contributed by atoms with Crippen LogP contribution in [0, 0.1) is 11.2 Å². The maximum absolute atomic E-state index is 13.4. The lowest BCUT2D eigenvalue weighted by molar-refractivity contribution is -0.136. The molecule has 3 N–H and O–H groups in total. The van der Waals surface area contributed by atoms with E-state index in [2.05, 4.69) is 20.6 Å². The van der Waals surface area contributed by atoms with Crippen molar-refractivity contribution in [2.24, 2.45) is 5.41 Å². The highest BCUT2D eigenvalue weighted by Crippen LogP contribution is 2.47. The van der Waals surface area contributed by atoms with Gasteiger partial charge in [-0.1, -0.05) is 19.3 Å². The van der Waals surface area contributed by atoms with E-state index in [1.807, 2.05) is 0 Å². The van der Waals surface area contributed by atoms with Crippen molar-refractivity contribution in [3.05, 3.63) is 24.3 Å². The van der Waals surface area contributed by atoms with Gasteiger partial charge in [-0.05, 0) is 50.0 Å². The van der Waals surface area contributed by atoms with E-state index in [9.17, 15) is 14.0 Å². The smallest absolute Gasteiger partial charge is 0.313 e. The second kappa shape index (κ2) is 7.29. The van der Waals surface area contributed by atoms with Crippen molar-refractivity contribution in [1.29, 1.82) is 0 Å². The summed E-state index contributed by atoms with van der Waals surface area (Å²) >= 11 is 0. The van der Waals surface area contributed by atoms with E-state index < -0.39 is 17.6 Å². The molecule has 27 heavy (non-hydrogen) atoms. The van der Waals surface area contributed by atoms with E-state index in [-0.39, 0.29) is 6.04 Å². The number of H-pyrrole nitrogens is 1. The summed E-state index contributed by atoms with van der Waals surface area (Å²) in [5.41, 5.74) is 1.28. The average Bonchev–Trinajstić information content (AvgIpc) is 3.06. The zero-order chi connectivity index (χ0) is 18.9. The molecule has 2 aromatic heterocycles. The quantitative estimate of drug-likeness (QED) is 0.703. The standard InChI is InChI=1S/C20H25FN4O2/c21-13-10-15-16(12-23-17(15)22-11-13)25-19(27)18(26)24-14-4-8-20(9-5-14)6-2-1-3-7-20/h10-12,14H,1-9H2,(H,22,23)(H,24,26)(H,25,27). The minimum atomic E-state index is -0.738. The number of amides is 2. The second-order valence-corrected chi connectivity index (χ2v) is 8.01. The first-order valence-corrected chi connectivity index (χ1v) is 9.79. The van der Waals surface area contributed by atoms with E-state index in [1.54, 1.807) is 0 Å². The third-order valence-electron chi connectivity index (χ3n) is 6.25. The number of rotatable bonds is 2. The van der Waals surface area contributed by atoms with Gasteiger partial charge in [0, 0.05) is 17.6 Å². The molecule has 144 valence electrons. The van der Waals surface area contributed by atoms with Crippen LogP contribution in [-0.4, -0.2) is 27.8 Å². The number of aromatic amines is 1. The normalized spacial score (nSPS) is 19.9. The lowest BCUT2D eigenvalue weighted by Crippen LogP contribution is -2.45. The Morgan fingerprint density at radius 1 is 1.11 bits per heavy atom. The molecule has 0 aromatic carbocycles. The van der Waals surface area contributed by atoms with E-state index >= 15 is 0 Å². The largest absolute Gasteiger partial charge is 0.345 e. The topological polar surface area (TPSA) is 86.9 Å². The maximum Gasteiger partial charge on any atom is 0.313 e. The molecule has 0 radical (unpaired) electrons. The van der Waals surface area contributed by atoms with Crippen LogP contribution in [-0.2, 0) is 9.59 Å². The van der Waals surface area contributed by atoms with Gasteiger partial charge in [-0.2, -0.15) is 0 Å². The number of aromatic nitrogens is 2. The Bertz CT molecular complexity index is 847. The summed E-state index contributed by atoms with van der Waals surface area (Å²) in [5, 5.41) is 5.85. The van der Waals surface area contributed by atoms with Crippen LogP contribution in [0.1, 0.15) is 57.8 Å². The Morgan fingerprint density at radius 3 is 2.59 bits per heavy atom. The van der Waals surface area contributed by atoms with Gasteiger partial charge in [-0.15, -0.1) is 0 Å². The molecule has 6 nitrogen and oxygen atoms in total. The molecule has 7 heteroatoms. The zero-order valence-corrected chi connectivity index (χ0v) is 15.3. The molecule has 2 aliphatic rings. The number of carbonyl (C=O) groups excluding carboxylic acids is 2. The SMILES string of the molecule is O=C(Nc1c[nH]c2ncc(F)cc12)C(=O)NC1CCC2(CCCCC2)CC1. The third kappa shape index (κ3) is 3.82. The number of hydrogen-bond donors (Lipinski definition) is 3. The molecule has 1 spiro atoms. The molecule has 0 saturated heterocycles. The van der Waals surface area contributed by atoms with Crippen molar-refractivity contribution in [2.45, 2.75) is 63.8 Å². The predicted octanol–water partition coefficient (Wildman–Crippen LogP) is 3.65. The van der Waals surface area contributed by atoms with Gasteiger partial charge in [-0.25, -0.2) is 9.37 Å². The van der Waals surface area contributed by atoms with E-state index in [1.165, 1.54) is 44.4 Å². The van der Waals surface area contributed by atoms with Crippen LogP contribution < -0.4 is 10.6 Å². The minimum absolute atomic E-state index is 0.0536. The Labute approximate surface area is 157 Å². The van der Waals surface area contributed by atoms with Gasteiger partial charge in [0.1, 0.15) is 11.5 Å². The molecule has 0 bridgehead atoms. The van der Waals surface area contributed by atoms with Crippen molar-refractivity contribution in [2.75, 3.05) is 5.32 Å². The van der Waals surface area contributed by atoms with Gasteiger partial charge in [-0.3, -0.25) is 9.59 Å². The first kappa shape index (κ1) is 17.9. The molecule has 2 saturated carbocycles. The number of halogens is 1. The predicted molar refractivity (Wildman–Crippen MR) is 101 cm³/mol. The zero-order valence-electron chi connectivity index (χ0n) is 15.3. The first-order chi connectivity index (χ1) is 13.0. The maximum atomic E-state index is 13.4. The summed E-state index contributed by atoms with van der Waals surface area (Å²) in [5.74, 6) is -1.88. The van der Waals surface area contributed by atoms with Gasteiger partial charge in [0.15, 0.2) is 0 Å². The lowest BCUT2D eigenvalue weighted by atomic mass is 9.64.